The first-order chi connectivity index (χ1) is 14.2. The van der Waals surface area contributed by atoms with Crippen molar-refractivity contribution in [1.82, 2.24) is 25.3 Å². The summed E-state index contributed by atoms with van der Waals surface area (Å²) in [7, 11) is 0. The van der Waals surface area contributed by atoms with E-state index in [1.165, 1.54) is 5.56 Å². The van der Waals surface area contributed by atoms with Crippen LogP contribution in [0.25, 0.3) is 10.7 Å². The van der Waals surface area contributed by atoms with E-state index >= 15 is 0 Å². The fraction of sp³-hybridized carbons (Fsp3) is 0.381. The average molecular weight is 412 g/mol. The summed E-state index contributed by atoms with van der Waals surface area (Å²) in [6.07, 6.45) is 0. The highest BCUT2D eigenvalue weighted by atomic mass is 32.1. The fourth-order valence-electron chi connectivity index (χ4n) is 3.38. The lowest BCUT2D eigenvalue weighted by molar-refractivity contribution is -0.122. The molecule has 0 radical (unpaired) electrons. The molecule has 3 heterocycles. The number of carbonyl (C=O) groups excluding carboxylic acids is 1. The van der Waals surface area contributed by atoms with Crippen LogP contribution in [0.1, 0.15) is 17.0 Å². The van der Waals surface area contributed by atoms with Crippen molar-refractivity contribution in [2.45, 2.75) is 20.0 Å². The molecule has 2 aromatic heterocycles. The largest absolute Gasteiger partial charge is 0.351 e. The van der Waals surface area contributed by atoms with Crippen LogP contribution < -0.4 is 5.32 Å². The van der Waals surface area contributed by atoms with Crippen molar-refractivity contribution in [2.75, 3.05) is 32.7 Å². The van der Waals surface area contributed by atoms with E-state index < -0.39 is 0 Å². The van der Waals surface area contributed by atoms with Gasteiger partial charge in [-0.2, -0.15) is 4.98 Å². The molecule has 1 aromatic carbocycles. The SMILES string of the molecule is Cc1ccccc1CNC(=O)CN1CCN(Cc2nc(-c3cccs3)no2)CC1. The van der Waals surface area contributed by atoms with Crippen LogP contribution in [-0.2, 0) is 17.9 Å². The van der Waals surface area contributed by atoms with E-state index in [0.29, 0.717) is 31.3 Å². The lowest BCUT2D eigenvalue weighted by Gasteiger charge is -2.33. The molecule has 0 bridgehead atoms. The van der Waals surface area contributed by atoms with Gasteiger partial charge in [-0.3, -0.25) is 14.6 Å². The highest BCUT2D eigenvalue weighted by molar-refractivity contribution is 7.13. The maximum Gasteiger partial charge on any atom is 0.241 e. The number of nitrogens with zero attached hydrogens (tertiary/aromatic N) is 4. The maximum atomic E-state index is 12.3. The number of rotatable bonds is 7. The van der Waals surface area contributed by atoms with Crippen molar-refractivity contribution in [2.24, 2.45) is 0 Å². The van der Waals surface area contributed by atoms with Gasteiger partial charge in [0.2, 0.25) is 17.6 Å². The van der Waals surface area contributed by atoms with Gasteiger partial charge >= 0.3 is 0 Å². The van der Waals surface area contributed by atoms with E-state index in [-0.39, 0.29) is 5.91 Å². The Bertz CT molecular complexity index is 932. The van der Waals surface area contributed by atoms with Crippen LogP contribution in [0.4, 0.5) is 0 Å². The third-order valence-electron chi connectivity index (χ3n) is 5.14. The Labute approximate surface area is 174 Å². The zero-order valence-electron chi connectivity index (χ0n) is 16.5. The van der Waals surface area contributed by atoms with Gasteiger partial charge in [-0.15, -0.1) is 11.3 Å². The van der Waals surface area contributed by atoms with Crippen molar-refractivity contribution in [3.05, 3.63) is 58.8 Å². The monoisotopic (exact) mass is 411 g/mol. The summed E-state index contributed by atoms with van der Waals surface area (Å²) >= 11 is 1.60. The molecule has 1 N–H and O–H groups in total. The molecular formula is C21H25N5O2S. The number of amides is 1. The summed E-state index contributed by atoms with van der Waals surface area (Å²) in [6, 6.07) is 12.1. The Hall–Kier alpha value is -2.55. The van der Waals surface area contributed by atoms with Crippen molar-refractivity contribution in [3.8, 4) is 10.7 Å². The molecular weight excluding hydrogens is 386 g/mol. The van der Waals surface area contributed by atoms with E-state index in [1.807, 2.05) is 29.6 Å². The molecule has 0 atom stereocenters. The highest BCUT2D eigenvalue weighted by Crippen LogP contribution is 2.21. The number of benzene rings is 1. The van der Waals surface area contributed by atoms with Crippen LogP contribution in [0.2, 0.25) is 0 Å². The number of carbonyl (C=O) groups is 1. The molecule has 0 saturated carbocycles. The van der Waals surface area contributed by atoms with Crippen molar-refractivity contribution >= 4 is 17.2 Å². The Morgan fingerprint density at radius 2 is 1.93 bits per heavy atom. The van der Waals surface area contributed by atoms with Gasteiger partial charge in [0.25, 0.3) is 0 Å². The molecule has 1 aliphatic heterocycles. The lowest BCUT2D eigenvalue weighted by Crippen LogP contribution is -2.49. The Morgan fingerprint density at radius 1 is 1.14 bits per heavy atom. The van der Waals surface area contributed by atoms with Crippen molar-refractivity contribution in [1.29, 1.82) is 0 Å². The van der Waals surface area contributed by atoms with Crippen LogP contribution >= 0.6 is 11.3 Å². The molecule has 0 aliphatic carbocycles. The summed E-state index contributed by atoms with van der Waals surface area (Å²) in [5.74, 6) is 1.36. The van der Waals surface area contributed by atoms with Gasteiger partial charge in [-0.1, -0.05) is 35.5 Å². The zero-order chi connectivity index (χ0) is 20.1. The Kier molecular flexibility index (Phi) is 6.33. The quantitative estimate of drug-likeness (QED) is 0.644. The normalized spacial score (nSPS) is 15.5. The predicted molar refractivity (Wildman–Crippen MR) is 112 cm³/mol. The minimum atomic E-state index is 0.0687. The van der Waals surface area contributed by atoms with Gasteiger partial charge < -0.3 is 9.84 Å². The molecule has 1 amide bonds. The topological polar surface area (TPSA) is 74.5 Å². The second-order valence-corrected chi connectivity index (χ2v) is 8.19. The molecule has 152 valence electrons. The molecule has 7 nitrogen and oxygen atoms in total. The maximum absolute atomic E-state index is 12.3. The van der Waals surface area contributed by atoms with E-state index in [4.69, 9.17) is 4.52 Å². The van der Waals surface area contributed by atoms with Gasteiger partial charge in [0.1, 0.15) is 0 Å². The standard InChI is InChI=1S/C21H25N5O2S/c1-16-5-2-3-6-17(16)13-22-19(27)14-25-8-10-26(11-9-25)15-20-23-21(24-28-20)18-7-4-12-29-18/h2-7,12H,8-11,13-15H2,1H3,(H,22,27). The van der Waals surface area contributed by atoms with Crippen molar-refractivity contribution < 1.29 is 9.32 Å². The number of nitrogens with one attached hydrogen (secondary N) is 1. The minimum absolute atomic E-state index is 0.0687. The summed E-state index contributed by atoms with van der Waals surface area (Å²) in [4.78, 5) is 22.3. The van der Waals surface area contributed by atoms with Gasteiger partial charge in [-0.25, -0.2) is 0 Å². The second-order valence-electron chi connectivity index (χ2n) is 7.24. The molecule has 8 heteroatoms. The summed E-state index contributed by atoms with van der Waals surface area (Å²) in [5.41, 5.74) is 2.36. The van der Waals surface area contributed by atoms with Crippen LogP contribution in [0, 0.1) is 6.92 Å². The molecule has 3 aromatic rings. The summed E-state index contributed by atoms with van der Waals surface area (Å²) in [5, 5.41) is 9.09. The fourth-order valence-corrected chi connectivity index (χ4v) is 4.03. The molecule has 29 heavy (non-hydrogen) atoms. The van der Waals surface area contributed by atoms with E-state index in [0.717, 1.165) is 36.6 Å². The lowest BCUT2D eigenvalue weighted by atomic mass is 10.1. The van der Waals surface area contributed by atoms with Gasteiger partial charge in [0.15, 0.2) is 0 Å². The predicted octanol–water partition coefficient (Wildman–Crippen LogP) is 2.54. The van der Waals surface area contributed by atoms with Crippen molar-refractivity contribution in [3.63, 3.8) is 0 Å². The summed E-state index contributed by atoms with van der Waals surface area (Å²) in [6.45, 7) is 7.17. The highest BCUT2D eigenvalue weighted by Gasteiger charge is 2.21. The third-order valence-corrected chi connectivity index (χ3v) is 6.00. The van der Waals surface area contributed by atoms with Gasteiger partial charge in [-0.05, 0) is 29.5 Å². The Balaban J connectivity index is 1.19. The van der Waals surface area contributed by atoms with Crippen LogP contribution in [-0.4, -0.2) is 58.6 Å². The average Bonchev–Trinajstić information content (AvgIpc) is 3.41. The van der Waals surface area contributed by atoms with E-state index in [1.54, 1.807) is 11.3 Å². The molecule has 1 aliphatic rings. The number of aryl methyl sites for hydroxylation is 1. The zero-order valence-corrected chi connectivity index (χ0v) is 17.3. The number of hydrogen-bond acceptors (Lipinski definition) is 7. The molecule has 0 spiro atoms. The first kappa shape index (κ1) is 19.8. The first-order valence-corrected chi connectivity index (χ1v) is 10.7. The third kappa shape index (κ3) is 5.29. The molecule has 1 saturated heterocycles. The van der Waals surface area contributed by atoms with E-state index in [9.17, 15) is 4.79 Å². The number of aromatic nitrogens is 2. The molecule has 0 unspecified atom stereocenters. The number of piperazine rings is 1. The van der Waals surface area contributed by atoms with Gasteiger partial charge in [0.05, 0.1) is 18.0 Å². The van der Waals surface area contributed by atoms with Crippen LogP contribution in [0.15, 0.2) is 46.3 Å². The van der Waals surface area contributed by atoms with Crippen LogP contribution in [0.3, 0.4) is 0 Å². The van der Waals surface area contributed by atoms with E-state index in [2.05, 4.69) is 44.3 Å². The summed E-state index contributed by atoms with van der Waals surface area (Å²) < 4.78 is 5.39. The Morgan fingerprint density at radius 3 is 2.69 bits per heavy atom. The minimum Gasteiger partial charge on any atom is -0.351 e. The number of thiophene rings is 1. The van der Waals surface area contributed by atoms with Gasteiger partial charge in [0, 0.05) is 32.7 Å². The number of hydrogen-bond donors (Lipinski definition) is 1. The first-order valence-electron chi connectivity index (χ1n) is 9.80. The molecule has 1 fully saturated rings. The second kappa shape index (κ2) is 9.30. The molecule has 4 rings (SSSR count). The smallest absolute Gasteiger partial charge is 0.241 e. The van der Waals surface area contributed by atoms with Crippen LogP contribution in [0.5, 0.6) is 0 Å².